The molecule has 0 spiro atoms. The predicted molar refractivity (Wildman–Crippen MR) is 94.9 cm³/mol. The molecule has 2 nitrogen and oxygen atoms in total. The Hall–Kier alpha value is -1.34. The Labute approximate surface area is 163 Å². The first kappa shape index (κ1) is 19.7. The van der Waals surface area contributed by atoms with E-state index >= 15 is 0 Å². The summed E-state index contributed by atoms with van der Waals surface area (Å²) >= 11 is 0. The average molecular weight is 397 g/mol. The van der Waals surface area contributed by atoms with Crippen LogP contribution in [0.1, 0.15) is 0 Å². The fourth-order valence-corrected chi connectivity index (χ4v) is 4.89. The second kappa shape index (κ2) is 11.2. The zero-order valence-electron chi connectivity index (χ0n) is 12.6. The van der Waals surface area contributed by atoms with E-state index in [9.17, 15) is 0 Å². The first-order chi connectivity index (χ1) is 10.9. The molecular weight excluding hydrogens is 380 g/mol. The minimum absolute atomic E-state index is 0. The maximum atomic E-state index is 8.24. The molecule has 1 radical (unpaired) electrons. The molecule has 0 unspecified atom stereocenters. The zero-order chi connectivity index (χ0) is 15.6. The van der Waals surface area contributed by atoms with Crippen LogP contribution in [0.25, 0.3) is 0 Å². The Morgan fingerprint density at radius 3 is 1.04 bits per heavy atom. The fraction of sp³-hybridized carbons (Fsp3) is 0. The van der Waals surface area contributed by atoms with Crippen LogP contribution >= 0.6 is 7.92 Å². The van der Waals surface area contributed by atoms with E-state index in [0.717, 1.165) is 0 Å². The van der Waals surface area contributed by atoms with Crippen LogP contribution in [0.3, 0.4) is 0 Å². The van der Waals surface area contributed by atoms with Crippen molar-refractivity contribution in [3.63, 3.8) is 0 Å². The van der Waals surface area contributed by atoms with Gasteiger partial charge in [-0.2, -0.15) is 0 Å². The van der Waals surface area contributed by atoms with Gasteiger partial charge in [0.25, 0.3) is 0 Å². The quantitative estimate of drug-likeness (QED) is 0.545. The molecule has 0 atom stereocenters. The minimum Gasteiger partial charge on any atom is -0.665 e. The van der Waals surface area contributed by atoms with Crippen LogP contribution in [0.2, 0.25) is 0 Å². The summed E-state index contributed by atoms with van der Waals surface area (Å²) in [5.74, 6) is 0. The summed E-state index contributed by atoms with van der Waals surface area (Å²) in [5, 5.41) is 11.1. The number of hydrogen-bond donors (Lipinski definition) is 1. The molecule has 3 rings (SSSR count). The van der Waals surface area contributed by atoms with E-state index in [4.69, 9.17) is 9.90 Å². The SMILES string of the molecule is O=[C-]O.[Y].c1ccc([PH+](c2ccccc2)c2ccccc2)cc1. The van der Waals surface area contributed by atoms with E-state index in [1.54, 1.807) is 0 Å². The van der Waals surface area contributed by atoms with Crippen molar-refractivity contribution in [2.75, 3.05) is 0 Å². The Balaban J connectivity index is 0.000000615. The van der Waals surface area contributed by atoms with E-state index in [-0.39, 0.29) is 32.7 Å². The van der Waals surface area contributed by atoms with Crippen molar-refractivity contribution in [2.24, 2.45) is 0 Å². The van der Waals surface area contributed by atoms with Crippen LogP contribution in [0.15, 0.2) is 91.0 Å². The molecule has 0 amide bonds. The van der Waals surface area contributed by atoms with Gasteiger partial charge in [0.15, 0.2) is 0 Å². The van der Waals surface area contributed by atoms with Crippen molar-refractivity contribution in [1.29, 1.82) is 0 Å². The Kier molecular flexibility index (Phi) is 9.63. The molecule has 0 aromatic heterocycles. The smallest absolute Gasteiger partial charge is 0.102 e. The van der Waals surface area contributed by atoms with Crippen molar-refractivity contribution >= 4 is 30.3 Å². The van der Waals surface area contributed by atoms with E-state index in [1.807, 2.05) is 0 Å². The van der Waals surface area contributed by atoms with E-state index in [0.29, 0.717) is 6.47 Å². The van der Waals surface area contributed by atoms with Gasteiger partial charge in [-0.25, -0.2) is 0 Å². The zero-order valence-corrected chi connectivity index (χ0v) is 16.4. The minimum atomic E-state index is -0.877. The second-order valence-corrected chi connectivity index (χ2v) is 7.05. The van der Waals surface area contributed by atoms with Crippen LogP contribution in [-0.2, 0) is 37.5 Å². The monoisotopic (exact) mass is 397 g/mol. The molecule has 3 aromatic carbocycles. The van der Waals surface area contributed by atoms with Crippen LogP contribution < -0.4 is 15.9 Å². The summed E-state index contributed by atoms with van der Waals surface area (Å²) in [4.78, 5) is 8.24. The van der Waals surface area contributed by atoms with Crippen molar-refractivity contribution < 1.29 is 42.6 Å². The van der Waals surface area contributed by atoms with Gasteiger partial charge in [0.05, 0.1) is 7.92 Å². The van der Waals surface area contributed by atoms with Gasteiger partial charge >= 0.3 is 0 Å². The third kappa shape index (κ3) is 5.99. The summed E-state index contributed by atoms with van der Waals surface area (Å²) in [7, 11) is -0.877. The van der Waals surface area contributed by atoms with Crippen LogP contribution in [0.4, 0.5) is 0 Å². The molecular formula is C19H17O2PY. The first-order valence-electron chi connectivity index (χ1n) is 6.91. The fourth-order valence-electron chi connectivity index (χ4n) is 2.31. The predicted octanol–water partition coefficient (Wildman–Crippen LogP) is 2.79. The molecule has 1 N–H and O–H groups in total. The van der Waals surface area contributed by atoms with Gasteiger partial charge in [0.2, 0.25) is 0 Å². The van der Waals surface area contributed by atoms with E-state index in [1.165, 1.54) is 15.9 Å². The summed E-state index contributed by atoms with van der Waals surface area (Å²) in [6.45, 7) is 0.500. The molecule has 23 heavy (non-hydrogen) atoms. The molecule has 113 valence electrons. The molecule has 0 saturated carbocycles. The van der Waals surface area contributed by atoms with E-state index in [2.05, 4.69) is 91.0 Å². The maximum Gasteiger partial charge on any atom is 0.102 e. The van der Waals surface area contributed by atoms with Crippen LogP contribution in [0, 0.1) is 0 Å². The molecule has 0 aliphatic heterocycles. The van der Waals surface area contributed by atoms with Gasteiger partial charge in [-0.1, -0.05) is 61.1 Å². The largest absolute Gasteiger partial charge is 0.665 e. The van der Waals surface area contributed by atoms with Gasteiger partial charge in [-0.15, -0.1) is 0 Å². The molecule has 0 bridgehead atoms. The van der Waals surface area contributed by atoms with Crippen LogP contribution in [0.5, 0.6) is 0 Å². The van der Waals surface area contributed by atoms with Gasteiger partial charge < -0.3 is 9.90 Å². The second-order valence-electron chi connectivity index (χ2n) is 4.56. The molecule has 0 heterocycles. The van der Waals surface area contributed by atoms with Gasteiger partial charge in [0, 0.05) is 32.7 Å². The van der Waals surface area contributed by atoms with Gasteiger partial charge in [-0.3, -0.25) is 0 Å². The van der Waals surface area contributed by atoms with Crippen molar-refractivity contribution in [2.45, 2.75) is 0 Å². The Morgan fingerprint density at radius 2 is 0.826 bits per heavy atom. The summed E-state index contributed by atoms with van der Waals surface area (Å²) < 4.78 is 0. The summed E-state index contributed by atoms with van der Waals surface area (Å²) in [6, 6.07) is 32.5. The molecule has 0 aliphatic carbocycles. The topological polar surface area (TPSA) is 37.3 Å². The number of aliphatic hydroxyl groups excluding tert-OH is 1. The Bertz CT molecular complexity index is 582. The van der Waals surface area contributed by atoms with Gasteiger partial charge in [-0.05, 0) is 36.4 Å². The number of hydrogen-bond acceptors (Lipinski definition) is 1. The summed E-state index contributed by atoms with van der Waals surface area (Å²) in [6.07, 6.45) is 0. The number of benzene rings is 3. The molecule has 0 aliphatic rings. The third-order valence-corrected chi connectivity index (χ3v) is 5.92. The van der Waals surface area contributed by atoms with Crippen molar-refractivity contribution in [1.82, 2.24) is 0 Å². The molecule has 0 fully saturated rings. The summed E-state index contributed by atoms with van der Waals surface area (Å²) in [5.41, 5.74) is 0. The van der Waals surface area contributed by atoms with Crippen LogP contribution in [-0.4, -0.2) is 11.6 Å². The van der Waals surface area contributed by atoms with Gasteiger partial charge in [0.1, 0.15) is 15.9 Å². The normalized spacial score (nSPS) is 9.26. The van der Waals surface area contributed by atoms with Crippen molar-refractivity contribution in [3.05, 3.63) is 91.0 Å². The third-order valence-electron chi connectivity index (χ3n) is 3.19. The van der Waals surface area contributed by atoms with E-state index < -0.39 is 7.92 Å². The first-order valence-corrected chi connectivity index (χ1v) is 8.41. The maximum absolute atomic E-state index is 8.24. The standard InChI is InChI=1S/C18H15P.CHO2.Y/c1-4-10-16(11-5-1)19(17-12-6-2-7-13-17)18-14-8-3-9-15-18;2-1-3;/h1-15H;(H,2,3);/q;-1;/p+1. The number of rotatable bonds is 3. The van der Waals surface area contributed by atoms with Crippen molar-refractivity contribution in [3.8, 4) is 0 Å². The average Bonchev–Trinajstić information content (AvgIpc) is 2.59. The Morgan fingerprint density at radius 1 is 0.609 bits per heavy atom. The molecule has 4 heteroatoms. The molecule has 0 saturated heterocycles. The molecule has 3 aromatic rings.